The van der Waals surface area contributed by atoms with Crippen LogP contribution in [-0.4, -0.2) is 35.2 Å². The lowest BCUT2D eigenvalue weighted by molar-refractivity contribution is -0.153. The van der Waals surface area contributed by atoms with Crippen LogP contribution in [0.2, 0.25) is 0 Å². The summed E-state index contributed by atoms with van der Waals surface area (Å²) in [5.41, 5.74) is 7.79. The molecule has 1 rings (SSSR count). The SMILES string of the molecule is C[C@H]1C(=O)CC(=O)NN1C(=O)CCCCCN. The quantitative estimate of drug-likeness (QED) is 0.511. The van der Waals surface area contributed by atoms with Crippen LogP contribution in [0.15, 0.2) is 0 Å². The Balaban J connectivity index is 2.44. The Morgan fingerprint density at radius 1 is 1.41 bits per heavy atom. The normalized spacial score (nSPS) is 20.4. The predicted molar refractivity (Wildman–Crippen MR) is 61.6 cm³/mol. The summed E-state index contributed by atoms with van der Waals surface area (Å²) in [4.78, 5) is 34.4. The summed E-state index contributed by atoms with van der Waals surface area (Å²) >= 11 is 0. The molecule has 1 aliphatic rings. The van der Waals surface area contributed by atoms with Gasteiger partial charge < -0.3 is 5.73 Å². The lowest BCUT2D eigenvalue weighted by Crippen LogP contribution is -2.58. The minimum Gasteiger partial charge on any atom is -0.330 e. The summed E-state index contributed by atoms with van der Waals surface area (Å²) in [7, 11) is 0. The molecule has 0 unspecified atom stereocenters. The number of rotatable bonds is 5. The Morgan fingerprint density at radius 2 is 2.12 bits per heavy atom. The second-order valence-corrected chi connectivity index (χ2v) is 4.22. The van der Waals surface area contributed by atoms with Crippen LogP contribution in [-0.2, 0) is 14.4 Å². The van der Waals surface area contributed by atoms with Gasteiger partial charge in [0.15, 0.2) is 5.78 Å². The molecule has 0 aromatic heterocycles. The van der Waals surface area contributed by atoms with E-state index >= 15 is 0 Å². The van der Waals surface area contributed by atoms with Gasteiger partial charge in [-0.15, -0.1) is 0 Å². The molecule has 1 atom stereocenters. The lowest BCUT2D eigenvalue weighted by Gasteiger charge is -2.32. The van der Waals surface area contributed by atoms with Gasteiger partial charge in [-0.05, 0) is 26.3 Å². The van der Waals surface area contributed by atoms with Crippen molar-refractivity contribution in [3.63, 3.8) is 0 Å². The first-order valence-electron chi connectivity index (χ1n) is 5.90. The molecule has 0 aromatic rings. The van der Waals surface area contributed by atoms with Gasteiger partial charge in [0.25, 0.3) is 0 Å². The van der Waals surface area contributed by atoms with Crippen LogP contribution in [0.1, 0.15) is 39.0 Å². The highest BCUT2D eigenvalue weighted by Gasteiger charge is 2.32. The van der Waals surface area contributed by atoms with E-state index in [0.29, 0.717) is 13.0 Å². The van der Waals surface area contributed by atoms with Crippen LogP contribution >= 0.6 is 0 Å². The van der Waals surface area contributed by atoms with Crippen molar-refractivity contribution < 1.29 is 14.4 Å². The first-order chi connectivity index (χ1) is 8.06. The summed E-state index contributed by atoms with van der Waals surface area (Å²) in [5.74, 6) is -0.844. The van der Waals surface area contributed by atoms with Gasteiger partial charge in [0, 0.05) is 6.42 Å². The molecule has 0 aromatic carbocycles. The van der Waals surface area contributed by atoms with Crippen molar-refractivity contribution >= 4 is 17.6 Å². The maximum Gasteiger partial charge on any atom is 0.246 e. The molecule has 3 N–H and O–H groups in total. The van der Waals surface area contributed by atoms with Gasteiger partial charge in [0.2, 0.25) is 11.8 Å². The van der Waals surface area contributed by atoms with Gasteiger partial charge in [-0.1, -0.05) is 6.42 Å². The number of nitrogens with two attached hydrogens (primary N) is 1. The number of ketones is 1. The van der Waals surface area contributed by atoms with E-state index in [1.165, 1.54) is 0 Å². The summed E-state index contributed by atoms with van der Waals surface area (Å²) in [6.45, 7) is 2.24. The maximum absolute atomic E-state index is 11.8. The number of hydrogen-bond donors (Lipinski definition) is 2. The van der Waals surface area contributed by atoms with E-state index in [1.54, 1.807) is 6.92 Å². The number of hydrazine groups is 1. The van der Waals surface area contributed by atoms with Crippen LogP contribution in [0.3, 0.4) is 0 Å². The first kappa shape index (κ1) is 13.6. The molecular formula is C11H19N3O3. The zero-order valence-electron chi connectivity index (χ0n) is 10.1. The van der Waals surface area contributed by atoms with Crippen molar-refractivity contribution in [3.05, 3.63) is 0 Å². The van der Waals surface area contributed by atoms with E-state index in [2.05, 4.69) is 5.43 Å². The summed E-state index contributed by atoms with van der Waals surface area (Å²) in [5, 5.41) is 1.15. The standard InChI is InChI=1S/C11H19N3O3/c1-8-9(15)7-10(16)13-14(8)11(17)5-3-2-4-6-12/h8H,2-7,12H2,1H3,(H,13,16)/t8-/m0/s1. The highest BCUT2D eigenvalue weighted by Crippen LogP contribution is 2.10. The fourth-order valence-electron chi connectivity index (χ4n) is 1.72. The predicted octanol–water partition coefficient (Wildman–Crippen LogP) is -0.273. The minimum atomic E-state index is -0.560. The largest absolute Gasteiger partial charge is 0.330 e. The highest BCUT2D eigenvalue weighted by molar-refractivity contribution is 6.04. The van der Waals surface area contributed by atoms with E-state index in [0.717, 1.165) is 24.3 Å². The Morgan fingerprint density at radius 3 is 2.76 bits per heavy atom. The summed E-state index contributed by atoms with van der Waals surface area (Å²) in [6.07, 6.45) is 2.68. The molecule has 6 nitrogen and oxygen atoms in total. The van der Waals surface area contributed by atoms with E-state index in [-0.39, 0.29) is 18.1 Å². The van der Waals surface area contributed by atoms with Crippen molar-refractivity contribution in [1.29, 1.82) is 0 Å². The van der Waals surface area contributed by atoms with Gasteiger partial charge in [-0.2, -0.15) is 0 Å². The van der Waals surface area contributed by atoms with Gasteiger partial charge in [0.1, 0.15) is 6.04 Å². The molecule has 96 valence electrons. The minimum absolute atomic E-state index is 0.141. The fourth-order valence-corrected chi connectivity index (χ4v) is 1.72. The zero-order valence-corrected chi connectivity index (χ0v) is 10.1. The number of hydrogen-bond acceptors (Lipinski definition) is 4. The van der Waals surface area contributed by atoms with Crippen LogP contribution in [0.5, 0.6) is 0 Å². The molecule has 1 heterocycles. The topological polar surface area (TPSA) is 92.5 Å². The van der Waals surface area contributed by atoms with E-state index in [1.807, 2.05) is 0 Å². The average Bonchev–Trinajstić information content (AvgIpc) is 2.29. The van der Waals surface area contributed by atoms with E-state index in [4.69, 9.17) is 5.73 Å². The molecule has 1 aliphatic heterocycles. The third kappa shape index (κ3) is 3.81. The number of amides is 2. The number of carbonyl (C=O) groups excluding carboxylic acids is 3. The Bertz CT molecular complexity index is 317. The lowest BCUT2D eigenvalue weighted by atomic mass is 10.1. The molecule has 1 saturated heterocycles. The van der Waals surface area contributed by atoms with Gasteiger partial charge in [-0.25, -0.2) is 5.01 Å². The fraction of sp³-hybridized carbons (Fsp3) is 0.727. The number of nitrogens with one attached hydrogen (secondary N) is 1. The van der Waals surface area contributed by atoms with Crippen molar-refractivity contribution in [2.45, 2.75) is 45.1 Å². The van der Waals surface area contributed by atoms with Crippen molar-refractivity contribution in [3.8, 4) is 0 Å². The molecular weight excluding hydrogens is 222 g/mol. The number of unbranched alkanes of at least 4 members (excludes halogenated alkanes) is 2. The molecule has 2 amide bonds. The second kappa shape index (κ2) is 6.34. The molecule has 0 bridgehead atoms. The van der Waals surface area contributed by atoms with Crippen molar-refractivity contribution in [2.24, 2.45) is 5.73 Å². The highest BCUT2D eigenvalue weighted by atomic mass is 16.2. The monoisotopic (exact) mass is 241 g/mol. The Kier molecular flexibility index (Phi) is 5.09. The molecule has 0 saturated carbocycles. The molecule has 17 heavy (non-hydrogen) atoms. The third-order valence-corrected chi connectivity index (χ3v) is 2.80. The molecule has 0 radical (unpaired) electrons. The summed E-state index contributed by atoms with van der Waals surface area (Å²) < 4.78 is 0. The van der Waals surface area contributed by atoms with E-state index < -0.39 is 11.9 Å². The Hall–Kier alpha value is -1.43. The first-order valence-corrected chi connectivity index (χ1v) is 5.90. The van der Waals surface area contributed by atoms with Crippen LogP contribution in [0.4, 0.5) is 0 Å². The zero-order chi connectivity index (χ0) is 12.8. The Labute approximate surface area is 100 Å². The van der Waals surface area contributed by atoms with Crippen molar-refractivity contribution in [2.75, 3.05) is 6.54 Å². The van der Waals surface area contributed by atoms with Gasteiger partial charge in [-0.3, -0.25) is 19.8 Å². The second-order valence-electron chi connectivity index (χ2n) is 4.22. The number of Topliss-reactive ketones (excluding diaryl/α,β-unsaturated/α-hetero) is 1. The molecule has 0 spiro atoms. The maximum atomic E-state index is 11.8. The smallest absolute Gasteiger partial charge is 0.246 e. The average molecular weight is 241 g/mol. The van der Waals surface area contributed by atoms with Gasteiger partial charge in [0.05, 0.1) is 6.42 Å². The van der Waals surface area contributed by atoms with Crippen molar-refractivity contribution in [1.82, 2.24) is 10.4 Å². The number of carbonyl (C=O) groups is 3. The number of nitrogens with zero attached hydrogens (tertiary/aromatic N) is 1. The van der Waals surface area contributed by atoms with Crippen LogP contribution < -0.4 is 11.2 Å². The molecule has 1 fully saturated rings. The van der Waals surface area contributed by atoms with Crippen LogP contribution in [0, 0.1) is 0 Å². The van der Waals surface area contributed by atoms with Crippen LogP contribution in [0.25, 0.3) is 0 Å². The third-order valence-electron chi connectivity index (χ3n) is 2.80. The van der Waals surface area contributed by atoms with E-state index in [9.17, 15) is 14.4 Å². The summed E-state index contributed by atoms with van der Waals surface area (Å²) in [6, 6.07) is -0.560. The molecule has 0 aliphatic carbocycles. The van der Waals surface area contributed by atoms with Gasteiger partial charge >= 0.3 is 0 Å². The molecule has 6 heteroatoms.